The lowest BCUT2D eigenvalue weighted by molar-refractivity contribution is -0.176. The number of ketones is 1. The van der Waals surface area contributed by atoms with Crippen LogP contribution in [0.3, 0.4) is 0 Å². The van der Waals surface area contributed by atoms with Gasteiger partial charge in [-0.05, 0) is 24.3 Å². The number of carbonyl (C=O) groups excluding carboxylic acids is 1. The first kappa shape index (κ1) is 17.2. The third-order valence-electron chi connectivity index (χ3n) is 3.58. The lowest BCUT2D eigenvalue weighted by Crippen LogP contribution is -2.37. The topological polar surface area (TPSA) is 50.1 Å². The first-order valence-electron chi connectivity index (χ1n) is 6.61. The Hall–Kier alpha value is -2.66. The Kier molecular flexibility index (Phi) is 3.73. The number of nitriles is 1. The van der Waals surface area contributed by atoms with Gasteiger partial charge in [-0.15, -0.1) is 0 Å². The summed E-state index contributed by atoms with van der Waals surface area (Å²) in [5.74, 6) is -13.2. The van der Waals surface area contributed by atoms with Crippen molar-refractivity contribution in [3.05, 3.63) is 57.9 Å². The molecule has 0 unspecified atom stereocenters. The van der Waals surface area contributed by atoms with E-state index in [1.54, 1.807) is 6.07 Å². The molecule has 2 aromatic carbocycles. The van der Waals surface area contributed by atoms with Crippen molar-refractivity contribution in [2.75, 3.05) is 0 Å². The normalized spacial score (nSPS) is 17.1. The Balaban J connectivity index is 2.09. The minimum absolute atomic E-state index is 0.0959. The lowest BCUT2D eigenvalue weighted by Gasteiger charge is -2.17. The molecule has 0 fully saturated rings. The van der Waals surface area contributed by atoms with Crippen molar-refractivity contribution in [3.8, 4) is 17.6 Å². The third kappa shape index (κ3) is 2.43. The molecule has 0 amide bonds. The van der Waals surface area contributed by atoms with Crippen molar-refractivity contribution < 1.29 is 31.5 Å². The smallest absolute Gasteiger partial charge is 0.376 e. The van der Waals surface area contributed by atoms with Gasteiger partial charge in [-0.25, -0.2) is 4.39 Å². The van der Waals surface area contributed by atoms with Gasteiger partial charge in [-0.3, -0.25) is 4.79 Å². The molecule has 9 heteroatoms. The van der Waals surface area contributed by atoms with Gasteiger partial charge in [0.2, 0.25) is 5.78 Å². The van der Waals surface area contributed by atoms with Gasteiger partial charge in [0.1, 0.15) is 17.3 Å². The first-order chi connectivity index (χ1) is 11.6. The molecule has 0 heterocycles. The largest absolute Gasteiger partial charge is 0.456 e. The van der Waals surface area contributed by atoms with Crippen molar-refractivity contribution in [3.63, 3.8) is 0 Å². The third-order valence-corrected chi connectivity index (χ3v) is 3.95. The fourth-order valence-electron chi connectivity index (χ4n) is 2.40. The number of nitrogens with zero attached hydrogens (tertiary/aromatic N) is 1. The van der Waals surface area contributed by atoms with Crippen LogP contribution in [0, 0.1) is 17.1 Å². The van der Waals surface area contributed by atoms with E-state index in [0.29, 0.717) is 6.07 Å². The molecule has 128 valence electrons. The maximum atomic E-state index is 13.7. The number of alkyl halides is 4. The number of Topliss-reactive ketones (excluding diaryl/α,β-unsaturated/α-hetero) is 1. The molecule has 1 aliphatic rings. The van der Waals surface area contributed by atoms with Gasteiger partial charge >= 0.3 is 11.8 Å². The number of fused-ring (bicyclic) bond motifs is 1. The average molecular weight is 374 g/mol. The Labute approximate surface area is 142 Å². The second kappa shape index (κ2) is 5.43. The SMILES string of the molecule is N#Cc1cc(F)cc(Oc2ccc3c(c2Cl)C(=O)C(F)(F)C3(F)F)c1. The summed E-state index contributed by atoms with van der Waals surface area (Å²) in [5, 5.41) is 8.03. The molecule has 3 nitrogen and oxygen atoms in total. The van der Waals surface area contributed by atoms with E-state index in [2.05, 4.69) is 0 Å². The summed E-state index contributed by atoms with van der Waals surface area (Å²) < 4.78 is 73.0. The first-order valence-corrected chi connectivity index (χ1v) is 6.99. The molecule has 0 saturated heterocycles. The zero-order valence-electron chi connectivity index (χ0n) is 11.9. The van der Waals surface area contributed by atoms with Crippen LogP contribution in [0.2, 0.25) is 5.02 Å². The van der Waals surface area contributed by atoms with E-state index in [9.17, 15) is 26.7 Å². The quantitative estimate of drug-likeness (QED) is 0.691. The van der Waals surface area contributed by atoms with Gasteiger partial charge in [0.25, 0.3) is 0 Å². The molecule has 0 spiro atoms. The lowest BCUT2D eigenvalue weighted by atomic mass is 10.1. The van der Waals surface area contributed by atoms with Crippen LogP contribution >= 0.6 is 11.6 Å². The number of hydrogen-bond acceptors (Lipinski definition) is 3. The minimum atomic E-state index is -4.93. The van der Waals surface area contributed by atoms with Gasteiger partial charge in [0.05, 0.1) is 22.2 Å². The number of carbonyl (C=O) groups is 1. The van der Waals surface area contributed by atoms with Gasteiger partial charge in [0.15, 0.2) is 0 Å². The molecule has 3 rings (SSSR count). The molecule has 2 aromatic rings. The Morgan fingerprint density at radius 2 is 1.76 bits per heavy atom. The molecular formula is C16H5ClF5NO2. The van der Waals surface area contributed by atoms with Crippen molar-refractivity contribution >= 4 is 17.4 Å². The number of benzene rings is 2. The zero-order chi connectivity index (χ0) is 18.6. The van der Waals surface area contributed by atoms with Crippen molar-refractivity contribution in [1.29, 1.82) is 5.26 Å². The highest BCUT2D eigenvalue weighted by atomic mass is 35.5. The predicted octanol–water partition coefficient (Wildman–Crippen LogP) is 5.07. The van der Waals surface area contributed by atoms with Gasteiger partial charge in [0, 0.05) is 11.6 Å². The van der Waals surface area contributed by atoms with Gasteiger partial charge in [-0.2, -0.15) is 22.8 Å². The molecule has 1 aliphatic carbocycles. The molecule has 0 aliphatic heterocycles. The van der Waals surface area contributed by atoms with Crippen molar-refractivity contribution in [2.45, 2.75) is 11.8 Å². The fraction of sp³-hybridized carbons (Fsp3) is 0.125. The summed E-state index contributed by atoms with van der Waals surface area (Å²) >= 11 is 5.80. The molecular weight excluding hydrogens is 369 g/mol. The van der Waals surface area contributed by atoms with Crippen LogP contribution in [0.15, 0.2) is 30.3 Å². The van der Waals surface area contributed by atoms with E-state index in [0.717, 1.165) is 24.3 Å². The maximum absolute atomic E-state index is 13.7. The molecule has 0 bridgehead atoms. The second-order valence-electron chi connectivity index (χ2n) is 5.17. The summed E-state index contributed by atoms with van der Waals surface area (Å²) in [6, 6.07) is 6.04. The van der Waals surface area contributed by atoms with Crippen LogP contribution in [0.1, 0.15) is 21.5 Å². The van der Waals surface area contributed by atoms with Gasteiger partial charge < -0.3 is 4.74 Å². The number of rotatable bonds is 2. The molecule has 0 aromatic heterocycles. The fourth-order valence-corrected chi connectivity index (χ4v) is 2.69. The Bertz CT molecular complexity index is 952. The van der Waals surface area contributed by atoms with Crippen LogP contribution in [0.5, 0.6) is 11.5 Å². The summed E-state index contributed by atoms with van der Waals surface area (Å²) in [4.78, 5) is 11.6. The molecule has 0 atom stereocenters. The Morgan fingerprint density at radius 1 is 1.08 bits per heavy atom. The zero-order valence-corrected chi connectivity index (χ0v) is 12.7. The summed E-state index contributed by atoms with van der Waals surface area (Å²) in [6.07, 6.45) is 0. The van der Waals surface area contributed by atoms with Gasteiger partial charge in [-0.1, -0.05) is 11.6 Å². The number of hydrogen-bond donors (Lipinski definition) is 0. The van der Waals surface area contributed by atoms with E-state index in [1.165, 1.54) is 0 Å². The van der Waals surface area contributed by atoms with Crippen LogP contribution in [0.4, 0.5) is 22.0 Å². The Morgan fingerprint density at radius 3 is 2.40 bits per heavy atom. The average Bonchev–Trinajstić information content (AvgIpc) is 2.67. The van der Waals surface area contributed by atoms with E-state index in [4.69, 9.17) is 21.6 Å². The predicted molar refractivity (Wildman–Crippen MR) is 75.8 cm³/mol. The standard InChI is InChI=1S/C16H5ClF5NO2/c17-13-11(25-9-4-7(6-23)3-8(18)5-9)2-1-10-12(13)14(24)16(21,22)15(10,19)20/h1-5H. The van der Waals surface area contributed by atoms with Crippen LogP contribution < -0.4 is 4.74 Å². The van der Waals surface area contributed by atoms with E-state index < -0.39 is 45.3 Å². The van der Waals surface area contributed by atoms with E-state index in [1.807, 2.05) is 0 Å². The number of ether oxygens (including phenoxy) is 1. The summed E-state index contributed by atoms with van der Waals surface area (Å²) in [7, 11) is 0. The number of halogens is 6. The second-order valence-corrected chi connectivity index (χ2v) is 5.55. The highest BCUT2D eigenvalue weighted by Crippen LogP contribution is 2.54. The van der Waals surface area contributed by atoms with Crippen molar-refractivity contribution in [2.24, 2.45) is 0 Å². The molecule has 25 heavy (non-hydrogen) atoms. The minimum Gasteiger partial charge on any atom is -0.456 e. The maximum Gasteiger partial charge on any atom is 0.376 e. The van der Waals surface area contributed by atoms with Crippen LogP contribution in [-0.4, -0.2) is 11.7 Å². The monoisotopic (exact) mass is 373 g/mol. The van der Waals surface area contributed by atoms with Crippen LogP contribution in [0.25, 0.3) is 0 Å². The highest BCUT2D eigenvalue weighted by molar-refractivity contribution is 6.36. The van der Waals surface area contributed by atoms with Crippen molar-refractivity contribution in [1.82, 2.24) is 0 Å². The van der Waals surface area contributed by atoms with E-state index in [-0.39, 0.29) is 11.3 Å². The molecule has 0 radical (unpaired) electrons. The summed E-state index contributed by atoms with van der Waals surface area (Å²) in [5.41, 5.74) is -2.36. The van der Waals surface area contributed by atoms with E-state index >= 15 is 0 Å². The molecule has 0 N–H and O–H groups in total. The highest BCUT2D eigenvalue weighted by Gasteiger charge is 2.69. The van der Waals surface area contributed by atoms with Crippen LogP contribution in [-0.2, 0) is 5.92 Å². The molecule has 0 saturated carbocycles. The summed E-state index contributed by atoms with van der Waals surface area (Å²) in [6.45, 7) is 0.